The van der Waals surface area contributed by atoms with E-state index in [1.165, 1.54) is 36.2 Å². The standard InChI is InChI=1S/C27H30N2O5S/c1-29(35(31,32)25-14-12-24(33-2)13-15-25)23-10-8-21(9-11-23)26(30)28-20-27(16-18-34-19-17-27)22-6-4-3-5-7-22/h3-15H,16-20H2,1-2H3,(H,28,30). The number of nitrogens with zero attached hydrogens (tertiary/aromatic N) is 1. The van der Waals surface area contributed by atoms with E-state index in [4.69, 9.17) is 9.47 Å². The van der Waals surface area contributed by atoms with E-state index in [1.54, 1.807) is 36.4 Å². The minimum absolute atomic E-state index is 0.158. The van der Waals surface area contributed by atoms with Crippen molar-refractivity contribution in [2.45, 2.75) is 23.2 Å². The van der Waals surface area contributed by atoms with Crippen LogP contribution in [0.3, 0.4) is 0 Å². The van der Waals surface area contributed by atoms with Crippen LogP contribution < -0.4 is 14.4 Å². The first kappa shape index (κ1) is 24.8. The van der Waals surface area contributed by atoms with Crippen LogP contribution in [0.2, 0.25) is 0 Å². The van der Waals surface area contributed by atoms with Gasteiger partial charge in [-0.15, -0.1) is 0 Å². The highest BCUT2D eigenvalue weighted by molar-refractivity contribution is 7.92. The lowest BCUT2D eigenvalue weighted by Crippen LogP contribution is -2.44. The van der Waals surface area contributed by atoms with Crippen molar-refractivity contribution >= 4 is 21.6 Å². The lowest BCUT2D eigenvalue weighted by atomic mass is 9.74. The summed E-state index contributed by atoms with van der Waals surface area (Å²) in [6, 6.07) is 23.0. The molecule has 0 unspecified atom stereocenters. The lowest BCUT2D eigenvalue weighted by molar-refractivity contribution is 0.0487. The van der Waals surface area contributed by atoms with Crippen molar-refractivity contribution in [1.82, 2.24) is 5.32 Å². The van der Waals surface area contributed by atoms with Gasteiger partial charge < -0.3 is 14.8 Å². The number of methoxy groups -OCH3 is 1. The molecule has 3 aromatic carbocycles. The molecule has 1 aliphatic heterocycles. The molecular formula is C27H30N2O5S. The number of hydrogen-bond acceptors (Lipinski definition) is 5. The molecule has 0 saturated carbocycles. The van der Waals surface area contributed by atoms with Gasteiger partial charge in [0.25, 0.3) is 15.9 Å². The van der Waals surface area contributed by atoms with Gasteiger partial charge in [0.15, 0.2) is 0 Å². The van der Waals surface area contributed by atoms with Crippen molar-refractivity contribution in [2.75, 3.05) is 38.2 Å². The smallest absolute Gasteiger partial charge is 0.264 e. The van der Waals surface area contributed by atoms with Crippen LogP contribution in [0.1, 0.15) is 28.8 Å². The van der Waals surface area contributed by atoms with Gasteiger partial charge in [-0.05, 0) is 66.9 Å². The topological polar surface area (TPSA) is 84.9 Å². The normalized spacial score (nSPS) is 15.3. The fraction of sp³-hybridized carbons (Fsp3) is 0.296. The van der Waals surface area contributed by atoms with Gasteiger partial charge >= 0.3 is 0 Å². The van der Waals surface area contributed by atoms with E-state index in [1.807, 2.05) is 18.2 Å². The zero-order valence-corrected chi connectivity index (χ0v) is 20.8. The molecule has 0 spiro atoms. The summed E-state index contributed by atoms with van der Waals surface area (Å²) >= 11 is 0. The Balaban J connectivity index is 1.45. The van der Waals surface area contributed by atoms with Gasteiger partial charge in [0, 0.05) is 37.8 Å². The van der Waals surface area contributed by atoms with Crippen LogP contribution in [-0.2, 0) is 20.2 Å². The van der Waals surface area contributed by atoms with Crippen LogP contribution in [-0.4, -0.2) is 48.2 Å². The maximum Gasteiger partial charge on any atom is 0.264 e. The summed E-state index contributed by atoms with van der Waals surface area (Å²) in [5.41, 5.74) is 1.97. The maximum absolute atomic E-state index is 13.0. The van der Waals surface area contributed by atoms with Crippen LogP contribution in [0.15, 0.2) is 83.8 Å². The third kappa shape index (κ3) is 5.33. The molecule has 1 aliphatic rings. The molecule has 8 heteroatoms. The van der Waals surface area contributed by atoms with E-state index in [9.17, 15) is 13.2 Å². The minimum atomic E-state index is -3.75. The van der Waals surface area contributed by atoms with Crippen molar-refractivity contribution in [3.05, 3.63) is 90.0 Å². The predicted molar refractivity (Wildman–Crippen MR) is 136 cm³/mol. The fourth-order valence-corrected chi connectivity index (χ4v) is 5.54. The lowest BCUT2D eigenvalue weighted by Gasteiger charge is -2.38. The number of rotatable bonds is 8. The third-order valence-corrected chi connectivity index (χ3v) is 8.43. The van der Waals surface area contributed by atoms with E-state index in [0.29, 0.717) is 36.8 Å². The quantitative estimate of drug-likeness (QED) is 0.512. The Labute approximate surface area is 206 Å². The van der Waals surface area contributed by atoms with Crippen LogP contribution in [0, 0.1) is 0 Å². The van der Waals surface area contributed by atoms with Crippen LogP contribution in [0.4, 0.5) is 5.69 Å². The highest BCUT2D eigenvalue weighted by Gasteiger charge is 2.34. The Kier molecular flexibility index (Phi) is 7.42. The van der Waals surface area contributed by atoms with Gasteiger partial charge in [-0.2, -0.15) is 0 Å². The minimum Gasteiger partial charge on any atom is -0.497 e. The zero-order chi connectivity index (χ0) is 24.9. The Bertz CT molecular complexity index is 1240. The molecule has 0 aliphatic carbocycles. The summed E-state index contributed by atoms with van der Waals surface area (Å²) in [5, 5.41) is 3.09. The molecular weight excluding hydrogens is 464 g/mol. The Morgan fingerprint density at radius 1 is 0.971 bits per heavy atom. The van der Waals surface area contributed by atoms with Crippen LogP contribution in [0.25, 0.3) is 0 Å². The predicted octanol–water partition coefficient (Wildman–Crippen LogP) is 4.00. The van der Waals surface area contributed by atoms with Crippen LogP contribution in [0.5, 0.6) is 5.75 Å². The first-order valence-corrected chi connectivity index (χ1v) is 12.9. The molecule has 1 N–H and O–H groups in total. The molecule has 7 nitrogen and oxygen atoms in total. The summed E-state index contributed by atoms with van der Waals surface area (Å²) < 4.78 is 37.9. The second-order valence-electron chi connectivity index (χ2n) is 8.64. The van der Waals surface area contributed by atoms with Gasteiger partial charge in [0.1, 0.15) is 5.75 Å². The molecule has 35 heavy (non-hydrogen) atoms. The fourth-order valence-electron chi connectivity index (χ4n) is 4.34. The largest absolute Gasteiger partial charge is 0.497 e. The van der Waals surface area contributed by atoms with Gasteiger partial charge in [-0.1, -0.05) is 30.3 Å². The summed E-state index contributed by atoms with van der Waals surface area (Å²) in [5.74, 6) is 0.385. The van der Waals surface area contributed by atoms with Crippen molar-refractivity contribution in [3.63, 3.8) is 0 Å². The second-order valence-corrected chi connectivity index (χ2v) is 10.6. The van der Waals surface area contributed by atoms with Gasteiger partial charge in [0.05, 0.1) is 17.7 Å². The summed E-state index contributed by atoms with van der Waals surface area (Å²) in [6.45, 7) is 1.83. The zero-order valence-electron chi connectivity index (χ0n) is 19.9. The molecule has 1 amide bonds. The average molecular weight is 495 g/mol. The van der Waals surface area contributed by atoms with Gasteiger partial charge in [0.2, 0.25) is 0 Å². The molecule has 184 valence electrons. The number of amides is 1. The van der Waals surface area contributed by atoms with Gasteiger partial charge in [-0.3, -0.25) is 9.10 Å². The van der Waals surface area contributed by atoms with Crippen molar-refractivity contribution in [3.8, 4) is 5.75 Å². The van der Waals surface area contributed by atoms with Crippen molar-refractivity contribution < 1.29 is 22.7 Å². The SMILES string of the molecule is COc1ccc(S(=O)(=O)N(C)c2ccc(C(=O)NCC3(c4ccccc4)CCOCC3)cc2)cc1. The highest BCUT2D eigenvalue weighted by atomic mass is 32.2. The monoisotopic (exact) mass is 494 g/mol. The Hall–Kier alpha value is -3.36. The maximum atomic E-state index is 13.0. The number of sulfonamides is 1. The number of nitrogens with one attached hydrogen (secondary N) is 1. The van der Waals surface area contributed by atoms with E-state index < -0.39 is 10.0 Å². The number of carbonyl (C=O) groups excluding carboxylic acids is 1. The first-order valence-electron chi connectivity index (χ1n) is 11.5. The van der Waals surface area contributed by atoms with E-state index in [0.717, 1.165) is 12.8 Å². The molecule has 4 rings (SSSR count). The number of hydrogen-bond donors (Lipinski definition) is 1. The molecule has 3 aromatic rings. The first-order chi connectivity index (χ1) is 16.9. The summed E-state index contributed by atoms with van der Waals surface area (Å²) in [6.07, 6.45) is 1.68. The van der Waals surface area contributed by atoms with E-state index >= 15 is 0 Å². The van der Waals surface area contributed by atoms with Gasteiger partial charge in [-0.25, -0.2) is 8.42 Å². The van der Waals surface area contributed by atoms with Crippen LogP contribution >= 0.6 is 0 Å². The number of benzene rings is 3. The second kappa shape index (κ2) is 10.5. The third-order valence-electron chi connectivity index (χ3n) is 6.63. The van der Waals surface area contributed by atoms with E-state index in [2.05, 4.69) is 17.4 Å². The average Bonchev–Trinajstić information content (AvgIpc) is 2.92. The molecule has 1 fully saturated rings. The summed E-state index contributed by atoms with van der Waals surface area (Å²) in [7, 11) is -0.733. The van der Waals surface area contributed by atoms with E-state index in [-0.39, 0.29) is 16.2 Å². The molecule has 0 bridgehead atoms. The number of ether oxygens (including phenoxy) is 2. The highest BCUT2D eigenvalue weighted by Crippen LogP contribution is 2.34. The molecule has 1 heterocycles. The van der Waals surface area contributed by atoms with Crippen molar-refractivity contribution in [2.24, 2.45) is 0 Å². The molecule has 0 radical (unpaired) electrons. The Morgan fingerprint density at radius 2 is 1.60 bits per heavy atom. The molecule has 0 atom stereocenters. The summed E-state index contributed by atoms with van der Waals surface area (Å²) in [4.78, 5) is 13.1. The number of carbonyl (C=O) groups is 1. The number of anilines is 1. The molecule has 0 aromatic heterocycles. The molecule has 1 saturated heterocycles. The Morgan fingerprint density at radius 3 is 2.20 bits per heavy atom. The van der Waals surface area contributed by atoms with Crippen molar-refractivity contribution in [1.29, 1.82) is 0 Å².